The predicted molar refractivity (Wildman–Crippen MR) is 80.3 cm³/mol. The minimum atomic E-state index is -0.408. The van der Waals surface area contributed by atoms with E-state index in [0.717, 1.165) is 11.4 Å². The van der Waals surface area contributed by atoms with Gasteiger partial charge in [0.25, 0.3) is 0 Å². The zero-order valence-electron chi connectivity index (χ0n) is 12.4. The van der Waals surface area contributed by atoms with E-state index in [9.17, 15) is 4.79 Å². The minimum absolute atomic E-state index is 0.120. The van der Waals surface area contributed by atoms with Crippen molar-refractivity contribution >= 4 is 5.91 Å². The summed E-state index contributed by atoms with van der Waals surface area (Å²) in [6, 6.07) is 7.86. The molecule has 1 aromatic heterocycles. The van der Waals surface area contributed by atoms with Gasteiger partial charge in [0.15, 0.2) is 0 Å². The van der Waals surface area contributed by atoms with Gasteiger partial charge < -0.3 is 10.3 Å². The van der Waals surface area contributed by atoms with E-state index in [2.05, 4.69) is 37.9 Å². The molecule has 2 aromatic rings. The number of hydrogen-bond donors (Lipinski definition) is 1. The van der Waals surface area contributed by atoms with Crippen molar-refractivity contribution in [3.05, 3.63) is 42.2 Å². The SMILES string of the molecule is CC(C(N)=O)n1ccnc1-c1ccc(C(C)(C)C)cc1. The summed E-state index contributed by atoms with van der Waals surface area (Å²) in [5.74, 6) is 0.396. The van der Waals surface area contributed by atoms with Crippen molar-refractivity contribution in [1.82, 2.24) is 9.55 Å². The lowest BCUT2D eigenvalue weighted by Gasteiger charge is -2.19. The molecule has 1 aromatic carbocycles. The van der Waals surface area contributed by atoms with Crippen molar-refractivity contribution < 1.29 is 4.79 Å². The number of amides is 1. The number of carbonyl (C=O) groups excluding carboxylic acids is 1. The van der Waals surface area contributed by atoms with Crippen molar-refractivity contribution in [2.45, 2.75) is 39.2 Å². The highest BCUT2D eigenvalue weighted by Crippen LogP contribution is 2.26. The third-order valence-electron chi connectivity index (χ3n) is 3.51. The van der Waals surface area contributed by atoms with Crippen molar-refractivity contribution in [3.8, 4) is 11.4 Å². The summed E-state index contributed by atoms with van der Waals surface area (Å²) in [6.45, 7) is 8.31. The lowest BCUT2D eigenvalue weighted by atomic mass is 9.86. The molecular weight excluding hydrogens is 250 g/mol. The number of rotatable bonds is 3. The van der Waals surface area contributed by atoms with Gasteiger partial charge in [-0.15, -0.1) is 0 Å². The van der Waals surface area contributed by atoms with E-state index in [1.54, 1.807) is 23.9 Å². The Morgan fingerprint density at radius 1 is 1.25 bits per heavy atom. The Bertz CT molecular complexity index is 605. The summed E-state index contributed by atoms with van der Waals surface area (Å²) in [6.07, 6.45) is 3.47. The second-order valence-corrected chi connectivity index (χ2v) is 6.06. The molecule has 0 spiro atoms. The molecule has 0 saturated carbocycles. The van der Waals surface area contributed by atoms with E-state index in [1.165, 1.54) is 5.56 Å². The van der Waals surface area contributed by atoms with Gasteiger partial charge in [-0.3, -0.25) is 4.79 Å². The van der Waals surface area contributed by atoms with Crippen LogP contribution in [0.5, 0.6) is 0 Å². The first kappa shape index (κ1) is 14.3. The number of benzene rings is 1. The van der Waals surface area contributed by atoms with E-state index in [1.807, 2.05) is 12.1 Å². The Labute approximate surface area is 119 Å². The van der Waals surface area contributed by atoms with Crippen LogP contribution in [0.3, 0.4) is 0 Å². The summed E-state index contributed by atoms with van der Waals surface area (Å²) in [5, 5.41) is 0. The second kappa shape index (κ2) is 5.12. The lowest BCUT2D eigenvalue weighted by Crippen LogP contribution is -2.24. The quantitative estimate of drug-likeness (QED) is 0.933. The largest absolute Gasteiger partial charge is 0.368 e. The normalized spacial score (nSPS) is 13.2. The summed E-state index contributed by atoms with van der Waals surface area (Å²) >= 11 is 0. The zero-order chi connectivity index (χ0) is 14.9. The molecule has 0 saturated heterocycles. The van der Waals surface area contributed by atoms with Crippen LogP contribution in [-0.4, -0.2) is 15.5 Å². The first-order valence-corrected chi connectivity index (χ1v) is 6.74. The highest BCUT2D eigenvalue weighted by molar-refractivity contribution is 5.78. The van der Waals surface area contributed by atoms with Gasteiger partial charge in [0.05, 0.1) is 0 Å². The fourth-order valence-electron chi connectivity index (χ4n) is 2.11. The van der Waals surface area contributed by atoms with Gasteiger partial charge in [-0.05, 0) is 17.9 Å². The van der Waals surface area contributed by atoms with Gasteiger partial charge in [-0.1, -0.05) is 45.0 Å². The summed E-state index contributed by atoms with van der Waals surface area (Å²) < 4.78 is 1.80. The van der Waals surface area contributed by atoms with Crippen LogP contribution in [0.15, 0.2) is 36.7 Å². The lowest BCUT2D eigenvalue weighted by molar-refractivity contribution is -0.120. The molecular formula is C16H21N3O. The van der Waals surface area contributed by atoms with Gasteiger partial charge in [-0.2, -0.15) is 0 Å². The van der Waals surface area contributed by atoms with Crippen LogP contribution in [0.1, 0.15) is 39.3 Å². The maximum absolute atomic E-state index is 11.3. The Morgan fingerprint density at radius 3 is 2.35 bits per heavy atom. The molecule has 4 nitrogen and oxygen atoms in total. The molecule has 2 N–H and O–H groups in total. The molecule has 0 aliphatic rings. The standard InChI is InChI=1S/C16H21N3O/c1-11(14(17)20)19-10-9-18-15(19)12-5-7-13(8-6-12)16(2,3)4/h5-11H,1-4H3,(H2,17,20). The van der Waals surface area contributed by atoms with Crippen LogP contribution in [0.25, 0.3) is 11.4 Å². The molecule has 0 radical (unpaired) electrons. The molecule has 0 aliphatic heterocycles. The Balaban J connectivity index is 2.38. The number of hydrogen-bond acceptors (Lipinski definition) is 2. The van der Waals surface area contributed by atoms with Crippen molar-refractivity contribution in [2.24, 2.45) is 5.73 Å². The molecule has 2 rings (SSSR count). The topological polar surface area (TPSA) is 60.9 Å². The maximum Gasteiger partial charge on any atom is 0.240 e. The summed E-state index contributed by atoms with van der Waals surface area (Å²) in [7, 11) is 0. The predicted octanol–water partition coefficient (Wildman–Crippen LogP) is 2.89. The van der Waals surface area contributed by atoms with Gasteiger partial charge in [-0.25, -0.2) is 4.98 Å². The third-order valence-corrected chi connectivity index (χ3v) is 3.51. The fraction of sp³-hybridized carbons (Fsp3) is 0.375. The zero-order valence-corrected chi connectivity index (χ0v) is 12.4. The van der Waals surface area contributed by atoms with Crippen LogP contribution in [-0.2, 0) is 10.2 Å². The minimum Gasteiger partial charge on any atom is -0.368 e. The van der Waals surface area contributed by atoms with E-state index in [-0.39, 0.29) is 11.3 Å². The fourth-order valence-corrected chi connectivity index (χ4v) is 2.11. The third kappa shape index (κ3) is 2.74. The number of carbonyl (C=O) groups is 1. The first-order chi connectivity index (χ1) is 9.30. The monoisotopic (exact) mass is 271 g/mol. The molecule has 106 valence electrons. The second-order valence-electron chi connectivity index (χ2n) is 6.06. The molecule has 0 fully saturated rings. The molecule has 1 atom stereocenters. The van der Waals surface area contributed by atoms with Crippen molar-refractivity contribution in [1.29, 1.82) is 0 Å². The van der Waals surface area contributed by atoms with E-state index >= 15 is 0 Å². The van der Waals surface area contributed by atoms with E-state index < -0.39 is 6.04 Å². The van der Waals surface area contributed by atoms with Crippen LogP contribution >= 0.6 is 0 Å². The number of primary amides is 1. The Morgan fingerprint density at radius 2 is 1.85 bits per heavy atom. The average Bonchev–Trinajstić information content (AvgIpc) is 2.85. The molecule has 1 unspecified atom stereocenters. The average molecular weight is 271 g/mol. The van der Waals surface area contributed by atoms with Crippen molar-refractivity contribution in [3.63, 3.8) is 0 Å². The van der Waals surface area contributed by atoms with E-state index in [0.29, 0.717) is 0 Å². The maximum atomic E-state index is 11.3. The first-order valence-electron chi connectivity index (χ1n) is 6.74. The molecule has 4 heteroatoms. The van der Waals surface area contributed by atoms with Gasteiger partial charge in [0, 0.05) is 18.0 Å². The highest BCUT2D eigenvalue weighted by atomic mass is 16.1. The van der Waals surface area contributed by atoms with Crippen LogP contribution < -0.4 is 5.73 Å². The summed E-state index contributed by atoms with van der Waals surface area (Å²) in [4.78, 5) is 15.7. The highest BCUT2D eigenvalue weighted by Gasteiger charge is 2.17. The number of aromatic nitrogens is 2. The molecule has 0 aliphatic carbocycles. The Hall–Kier alpha value is -2.10. The van der Waals surface area contributed by atoms with Crippen molar-refractivity contribution in [2.75, 3.05) is 0 Å². The molecule has 0 bridgehead atoms. The molecule has 1 amide bonds. The van der Waals surface area contributed by atoms with E-state index in [4.69, 9.17) is 5.73 Å². The molecule has 20 heavy (non-hydrogen) atoms. The molecule has 1 heterocycles. The van der Waals surface area contributed by atoms with Gasteiger partial charge >= 0.3 is 0 Å². The smallest absolute Gasteiger partial charge is 0.240 e. The van der Waals surface area contributed by atoms with Crippen LogP contribution in [0, 0.1) is 0 Å². The van der Waals surface area contributed by atoms with Gasteiger partial charge in [0.2, 0.25) is 5.91 Å². The summed E-state index contributed by atoms with van der Waals surface area (Å²) in [5.41, 5.74) is 7.74. The number of nitrogens with two attached hydrogens (primary N) is 1. The van der Waals surface area contributed by atoms with Crippen LogP contribution in [0.4, 0.5) is 0 Å². The number of imidazole rings is 1. The number of nitrogens with zero attached hydrogens (tertiary/aromatic N) is 2. The van der Waals surface area contributed by atoms with Gasteiger partial charge in [0.1, 0.15) is 11.9 Å². The Kier molecular flexibility index (Phi) is 3.66. The van der Waals surface area contributed by atoms with Crippen LogP contribution in [0.2, 0.25) is 0 Å².